The van der Waals surface area contributed by atoms with Crippen LogP contribution in [0.3, 0.4) is 0 Å². The van der Waals surface area contributed by atoms with Gasteiger partial charge in [0.2, 0.25) is 0 Å². The van der Waals surface area contributed by atoms with Crippen LogP contribution in [0.25, 0.3) is 0 Å². The van der Waals surface area contributed by atoms with Gasteiger partial charge >= 0.3 is 6.18 Å². The van der Waals surface area contributed by atoms with Crippen LogP contribution in [0.4, 0.5) is 17.6 Å². The Morgan fingerprint density at radius 2 is 2.05 bits per heavy atom. The molecule has 1 atom stereocenters. The van der Waals surface area contributed by atoms with Crippen LogP contribution in [-0.4, -0.2) is 29.9 Å². The lowest BCUT2D eigenvalue weighted by Gasteiger charge is -2.36. The van der Waals surface area contributed by atoms with E-state index in [1.807, 2.05) is 0 Å². The molecule has 122 valence electrons. The molecule has 0 saturated carbocycles. The van der Waals surface area contributed by atoms with Crippen molar-refractivity contribution in [3.63, 3.8) is 0 Å². The van der Waals surface area contributed by atoms with E-state index in [1.54, 1.807) is 4.90 Å². The van der Waals surface area contributed by atoms with E-state index >= 15 is 0 Å². The summed E-state index contributed by atoms with van der Waals surface area (Å²) in [5, 5.41) is 0. The zero-order valence-electron chi connectivity index (χ0n) is 12.0. The maximum Gasteiger partial charge on any atom is 0.419 e. The van der Waals surface area contributed by atoms with E-state index in [0.29, 0.717) is 31.6 Å². The molecule has 1 saturated heterocycles. The van der Waals surface area contributed by atoms with Gasteiger partial charge in [-0.2, -0.15) is 13.2 Å². The molecule has 0 spiro atoms. The fourth-order valence-corrected chi connectivity index (χ4v) is 2.80. The summed E-state index contributed by atoms with van der Waals surface area (Å²) in [5.41, 5.74) is 3.97. The van der Waals surface area contributed by atoms with Crippen LogP contribution < -0.4 is 5.73 Å². The van der Waals surface area contributed by atoms with Gasteiger partial charge in [-0.25, -0.2) is 4.39 Å². The lowest BCUT2D eigenvalue weighted by Crippen LogP contribution is -2.44. The molecule has 1 unspecified atom stereocenters. The molecule has 1 aromatic carbocycles. The summed E-state index contributed by atoms with van der Waals surface area (Å²) < 4.78 is 51.6. The van der Waals surface area contributed by atoms with Gasteiger partial charge in [-0.15, -0.1) is 0 Å². The highest BCUT2D eigenvalue weighted by atomic mass is 19.4. The minimum atomic E-state index is -4.82. The number of nitrogens with zero attached hydrogens (tertiary/aromatic N) is 1. The molecule has 1 fully saturated rings. The Hall–Kier alpha value is -1.63. The molecular formula is C15H18F4N2O. The Morgan fingerprint density at radius 1 is 1.32 bits per heavy atom. The van der Waals surface area contributed by atoms with Crippen molar-refractivity contribution in [3.05, 3.63) is 35.1 Å². The number of likely N-dealkylation sites (tertiary alicyclic amines) is 1. The van der Waals surface area contributed by atoms with Crippen LogP contribution in [0, 0.1) is 5.82 Å². The number of alkyl halides is 3. The standard InChI is InChI=1S/C15H18F4N2O/c16-13-5-4-10(9-12(13)15(17,18)19)14(22)21-8-2-1-3-11(21)6-7-20/h4-5,9,11H,1-3,6-8,20H2. The smallest absolute Gasteiger partial charge is 0.336 e. The number of hydrogen-bond donors (Lipinski definition) is 1. The number of amides is 1. The molecule has 2 rings (SSSR count). The zero-order valence-corrected chi connectivity index (χ0v) is 12.0. The normalized spacial score (nSPS) is 19.3. The maximum atomic E-state index is 13.3. The number of halogens is 4. The van der Waals surface area contributed by atoms with Crippen molar-refractivity contribution < 1.29 is 22.4 Å². The highest BCUT2D eigenvalue weighted by molar-refractivity contribution is 5.94. The monoisotopic (exact) mass is 318 g/mol. The molecule has 0 radical (unpaired) electrons. The first-order chi connectivity index (χ1) is 10.3. The summed E-state index contributed by atoms with van der Waals surface area (Å²) in [4.78, 5) is 14.0. The molecule has 3 nitrogen and oxygen atoms in total. The molecule has 2 N–H and O–H groups in total. The molecule has 7 heteroatoms. The van der Waals surface area contributed by atoms with Crippen molar-refractivity contribution in [2.75, 3.05) is 13.1 Å². The first kappa shape index (κ1) is 16.7. The van der Waals surface area contributed by atoms with E-state index in [4.69, 9.17) is 5.73 Å². The highest BCUT2D eigenvalue weighted by Crippen LogP contribution is 2.32. The third kappa shape index (κ3) is 3.58. The van der Waals surface area contributed by atoms with E-state index in [-0.39, 0.29) is 11.6 Å². The van der Waals surface area contributed by atoms with E-state index in [2.05, 4.69) is 0 Å². The van der Waals surface area contributed by atoms with Crippen molar-refractivity contribution in [2.45, 2.75) is 37.9 Å². The summed E-state index contributed by atoms with van der Waals surface area (Å²) in [6.07, 6.45) is -1.65. The Labute approximate surface area is 126 Å². The lowest BCUT2D eigenvalue weighted by atomic mass is 9.97. The number of nitrogens with two attached hydrogens (primary N) is 1. The quantitative estimate of drug-likeness (QED) is 0.870. The van der Waals surface area contributed by atoms with Gasteiger partial charge < -0.3 is 10.6 Å². The second-order valence-electron chi connectivity index (χ2n) is 5.42. The van der Waals surface area contributed by atoms with Crippen LogP contribution in [0.15, 0.2) is 18.2 Å². The van der Waals surface area contributed by atoms with Gasteiger partial charge in [-0.05, 0) is 50.4 Å². The van der Waals surface area contributed by atoms with Crippen molar-refractivity contribution in [1.82, 2.24) is 4.90 Å². The van der Waals surface area contributed by atoms with Crippen LogP contribution in [0.1, 0.15) is 41.6 Å². The number of rotatable bonds is 3. The van der Waals surface area contributed by atoms with Gasteiger partial charge in [0.25, 0.3) is 5.91 Å². The Kier molecular flexibility index (Phi) is 5.05. The van der Waals surface area contributed by atoms with Gasteiger partial charge in [0.15, 0.2) is 0 Å². The average Bonchev–Trinajstić information content (AvgIpc) is 2.47. The largest absolute Gasteiger partial charge is 0.419 e. The molecule has 0 aliphatic carbocycles. The zero-order chi connectivity index (χ0) is 16.3. The van der Waals surface area contributed by atoms with Gasteiger partial charge in [0, 0.05) is 18.2 Å². The highest BCUT2D eigenvalue weighted by Gasteiger charge is 2.35. The first-order valence-corrected chi connectivity index (χ1v) is 7.22. The van der Waals surface area contributed by atoms with Crippen LogP contribution >= 0.6 is 0 Å². The van der Waals surface area contributed by atoms with Gasteiger partial charge in [0.1, 0.15) is 5.82 Å². The summed E-state index contributed by atoms with van der Waals surface area (Å²) in [6.45, 7) is 0.897. The Bertz CT molecular complexity index is 543. The Morgan fingerprint density at radius 3 is 2.68 bits per heavy atom. The van der Waals surface area contributed by atoms with Crippen LogP contribution in [0.5, 0.6) is 0 Å². The Balaban J connectivity index is 2.28. The van der Waals surface area contributed by atoms with E-state index in [1.165, 1.54) is 0 Å². The molecule has 0 bridgehead atoms. The number of hydrogen-bond acceptors (Lipinski definition) is 2. The van der Waals surface area contributed by atoms with Gasteiger partial charge in [0.05, 0.1) is 5.56 Å². The van der Waals surface area contributed by atoms with Crippen LogP contribution in [0.2, 0.25) is 0 Å². The molecule has 1 amide bonds. The SMILES string of the molecule is NCCC1CCCCN1C(=O)c1ccc(F)c(C(F)(F)F)c1. The van der Waals surface area contributed by atoms with E-state index in [0.717, 1.165) is 25.3 Å². The molecule has 1 aliphatic heterocycles. The third-order valence-corrected chi connectivity index (χ3v) is 3.91. The minimum Gasteiger partial charge on any atom is -0.336 e. The van der Waals surface area contributed by atoms with Crippen molar-refractivity contribution >= 4 is 5.91 Å². The molecule has 1 heterocycles. The van der Waals surface area contributed by atoms with Crippen molar-refractivity contribution in [3.8, 4) is 0 Å². The number of benzene rings is 1. The van der Waals surface area contributed by atoms with E-state index < -0.39 is 23.5 Å². The first-order valence-electron chi connectivity index (χ1n) is 7.22. The maximum absolute atomic E-state index is 13.3. The van der Waals surface area contributed by atoms with Gasteiger partial charge in [-0.3, -0.25) is 4.79 Å². The number of carbonyl (C=O) groups is 1. The topological polar surface area (TPSA) is 46.3 Å². The van der Waals surface area contributed by atoms with Crippen molar-refractivity contribution in [2.24, 2.45) is 5.73 Å². The fourth-order valence-electron chi connectivity index (χ4n) is 2.80. The summed E-state index contributed by atoms with van der Waals surface area (Å²) >= 11 is 0. The average molecular weight is 318 g/mol. The van der Waals surface area contributed by atoms with Gasteiger partial charge in [-0.1, -0.05) is 0 Å². The van der Waals surface area contributed by atoms with Crippen molar-refractivity contribution in [1.29, 1.82) is 0 Å². The second kappa shape index (κ2) is 6.64. The lowest BCUT2D eigenvalue weighted by molar-refractivity contribution is -0.140. The summed E-state index contributed by atoms with van der Waals surface area (Å²) in [6, 6.07) is 2.32. The molecule has 22 heavy (non-hydrogen) atoms. The number of carbonyl (C=O) groups excluding carboxylic acids is 1. The summed E-state index contributed by atoms with van der Waals surface area (Å²) in [5.74, 6) is -1.87. The predicted molar refractivity (Wildman–Crippen MR) is 73.7 cm³/mol. The second-order valence-corrected chi connectivity index (χ2v) is 5.42. The molecule has 1 aromatic rings. The van der Waals surface area contributed by atoms with Crippen LogP contribution in [-0.2, 0) is 6.18 Å². The van der Waals surface area contributed by atoms with E-state index in [9.17, 15) is 22.4 Å². The summed E-state index contributed by atoms with van der Waals surface area (Å²) in [7, 11) is 0. The molecular weight excluding hydrogens is 300 g/mol. The molecule has 1 aliphatic rings. The predicted octanol–water partition coefficient (Wildman–Crippen LogP) is 3.19. The fraction of sp³-hybridized carbons (Fsp3) is 0.533. The number of piperidine rings is 1. The molecule has 0 aromatic heterocycles. The minimum absolute atomic E-state index is 0.0642. The third-order valence-electron chi connectivity index (χ3n) is 3.91.